The van der Waals surface area contributed by atoms with Crippen molar-refractivity contribution in [3.05, 3.63) is 39.2 Å². The van der Waals surface area contributed by atoms with Gasteiger partial charge >= 0.3 is 0 Å². The molecule has 0 bridgehead atoms. The lowest BCUT2D eigenvalue weighted by Gasteiger charge is -2.07. The number of carbonyl (C=O) groups is 1. The van der Waals surface area contributed by atoms with E-state index in [0.717, 1.165) is 10.9 Å². The third-order valence-electron chi connectivity index (χ3n) is 3.16. The Kier molecular flexibility index (Phi) is 4.39. The molecule has 3 aromatic rings. The second kappa shape index (κ2) is 6.31. The van der Waals surface area contributed by atoms with Crippen molar-refractivity contribution in [3.63, 3.8) is 0 Å². The Morgan fingerprint density at radius 3 is 2.70 bits per heavy atom. The van der Waals surface area contributed by atoms with Crippen LogP contribution in [0.4, 0.5) is 5.95 Å². The van der Waals surface area contributed by atoms with Crippen LogP contribution in [0.3, 0.4) is 0 Å². The number of anilines is 1. The van der Waals surface area contributed by atoms with Crippen LogP contribution < -0.4 is 11.1 Å². The lowest BCUT2D eigenvalue weighted by atomic mass is 10.1. The number of benzene rings is 1. The summed E-state index contributed by atoms with van der Waals surface area (Å²) in [5, 5.41) is 4.74. The first-order valence-electron chi connectivity index (χ1n) is 6.80. The van der Waals surface area contributed by atoms with Gasteiger partial charge in [0.15, 0.2) is 0 Å². The van der Waals surface area contributed by atoms with Gasteiger partial charge in [-0.1, -0.05) is 29.3 Å². The Morgan fingerprint density at radius 2 is 2.04 bits per heavy atom. The summed E-state index contributed by atoms with van der Waals surface area (Å²) >= 11 is 13.3. The number of nitrogens with zero attached hydrogens (tertiary/aromatic N) is 2. The fourth-order valence-electron chi connectivity index (χ4n) is 2.14. The fourth-order valence-corrected chi connectivity index (χ4v) is 3.32. The summed E-state index contributed by atoms with van der Waals surface area (Å²) in [6.07, 6.45) is 0. The molecule has 0 aliphatic heterocycles. The lowest BCUT2D eigenvalue weighted by molar-refractivity contribution is 0.100. The molecule has 0 spiro atoms. The van der Waals surface area contributed by atoms with Gasteiger partial charge in [0.2, 0.25) is 5.95 Å². The average molecular weight is 367 g/mol. The summed E-state index contributed by atoms with van der Waals surface area (Å²) in [7, 11) is 0. The van der Waals surface area contributed by atoms with E-state index in [1.165, 1.54) is 11.3 Å². The summed E-state index contributed by atoms with van der Waals surface area (Å²) in [6.45, 7) is 2.63. The maximum atomic E-state index is 11.5. The Balaban J connectivity index is 2.27. The minimum atomic E-state index is -0.488. The zero-order valence-corrected chi connectivity index (χ0v) is 14.4. The van der Waals surface area contributed by atoms with Crippen molar-refractivity contribution in [1.82, 2.24) is 9.97 Å². The van der Waals surface area contributed by atoms with E-state index >= 15 is 0 Å². The molecule has 3 N–H and O–H groups in total. The van der Waals surface area contributed by atoms with E-state index in [1.54, 1.807) is 18.2 Å². The Labute approximate surface area is 146 Å². The highest BCUT2D eigenvalue weighted by atomic mass is 35.5. The minimum Gasteiger partial charge on any atom is -0.365 e. The van der Waals surface area contributed by atoms with Crippen molar-refractivity contribution >= 4 is 56.6 Å². The predicted molar refractivity (Wildman–Crippen MR) is 95.6 cm³/mol. The molecule has 23 heavy (non-hydrogen) atoms. The molecular weight excluding hydrogens is 355 g/mol. The summed E-state index contributed by atoms with van der Waals surface area (Å²) in [5.74, 6) is -0.00275. The number of hydrogen-bond acceptors (Lipinski definition) is 5. The molecule has 0 aliphatic rings. The number of halogens is 2. The maximum Gasteiger partial charge on any atom is 0.258 e. The molecule has 1 amide bonds. The van der Waals surface area contributed by atoms with Crippen LogP contribution in [0.1, 0.15) is 16.6 Å². The molecule has 8 heteroatoms. The van der Waals surface area contributed by atoms with E-state index in [2.05, 4.69) is 15.3 Å². The third-order valence-corrected chi connectivity index (χ3v) is 4.95. The number of thiophene rings is 1. The number of amides is 1. The number of fused-ring (bicyclic) bond motifs is 1. The second-order valence-electron chi connectivity index (χ2n) is 4.75. The van der Waals surface area contributed by atoms with Gasteiger partial charge in [0.1, 0.15) is 4.83 Å². The van der Waals surface area contributed by atoms with Gasteiger partial charge in [-0.25, -0.2) is 9.97 Å². The van der Waals surface area contributed by atoms with Gasteiger partial charge in [-0.2, -0.15) is 0 Å². The average Bonchev–Trinajstić information content (AvgIpc) is 2.94. The molecular formula is C15H12Cl2N4OS. The topological polar surface area (TPSA) is 80.9 Å². The number of nitrogens with two attached hydrogens (primary N) is 1. The first kappa shape index (κ1) is 16.0. The van der Waals surface area contributed by atoms with Crippen LogP contribution in [0.15, 0.2) is 24.3 Å². The Morgan fingerprint density at radius 1 is 1.26 bits per heavy atom. The number of carbonyl (C=O) groups excluding carboxylic acids is 1. The molecule has 0 atom stereocenters. The number of aromatic nitrogens is 2. The quantitative estimate of drug-likeness (QED) is 0.724. The molecule has 0 aliphatic carbocycles. The number of nitrogens with one attached hydrogen (secondary N) is 1. The van der Waals surface area contributed by atoms with Crippen LogP contribution in [0, 0.1) is 0 Å². The van der Waals surface area contributed by atoms with Crippen molar-refractivity contribution in [1.29, 1.82) is 0 Å². The largest absolute Gasteiger partial charge is 0.365 e. The molecule has 0 fully saturated rings. The first-order valence-corrected chi connectivity index (χ1v) is 8.37. The molecule has 0 radical (unpaired) electrons. The standard InChI is InChI=1S/C15H12Cl2N4OS/c1-2-19-15-20-12(7-3-4-9(16)10(17)5-7)8-6-11(13(18)22)23-14(8)21-15/h3-6H,2H2,1H3,(H2,18,22)(H,19,20,21). The normalized spacial score (nSPS) is 10.9. The van der Waals surface area contributed by atoms with Crippen molar-refractivity contribution in [2.75, 3.05) is 11.9 Å². The molecule has 1 aromatic carbocycles. The van der Waals surface area contributed by atoms with Crippen LogP contribution in [-0.4, -0.2) is 22.4 Å². The molecule has 0 unspecified atom stereocenters. The Hall–Kier alpha value is -1.89. The summed E-state index contributed by atoms with van der Waals surface area (Å²) in [5.41, 5.74) is 6.84. The number of primary amides is 1. The molecule has 2 heterocycles. The molecule has 118 valence electrons. The van der Waals surface area contributed by atoms with Gasteiger partial charge in [-0.05, 0) is 25.1 Å². The highest BCUT2D eigenvalue weighted by molar-refractivity contribution is 7.20. The zero-order chi connectivity index (χ0) is 16.6. The van der Waals surface area contributed by atoms with Gasteiger partial charge in [-0.15, -0.1) is 11.3 Å². The number of hydrogen-bond donors (Lipinski definition) is 2. The molecule has 0 saturated carbocycles. The predicted octanol–water partition coefficient (Wildman–Crippen LogP) is 4.20. The minimum absolute atomic E-state index is 0.434. The highest BCUT2D eigenvalue weighted by Gasteiger charge is 2.16. The van der Waals surface area contributed by atoms with Gasteiger partial charge in [-0.3, -0.25) is 4.79 Å². The molecule has 0 saturated heterocycles. The SMILES string of the molecule is CCNc1nc(-c2ccc(Cl)c(Cl)c2)c2cc(C(N)=O)sc2n1. The van der Waals surface area contributed by atoms with Crippen LogP contribution in [0.25, 0.3) is 21.5 Å². The zero-order valence-electron chi connectivity index (χ0n) is 12.1. The molecule has 3 rings (SSSR count). The Bertz CT molecular complexity index is 910. The van der Waals surface area contributed by atoms with E-state index in [4.69, 9.17) is 28.9 Å². The lowest BCUT2D eigenvalue weighted by Crippen LogP contribution is -2.08. The van der Waals surface area contributed by atoms with Crippen molar-refractivity contribution in [3.8, 4) is 11.3 Å². The second-order valence-corrected chi connectivity index (χ2v) is 6.59. The summed E-state index contributed by atoms with van der Waals surface area (Å²) in [6, 6.07) is 6.98. The van der Waals surface area contributed by atoms with E-state index in [1.807, 2.05) is 13.0 Å². The van der Waals surface area contributed by atoms with Gasteiger partial charge in [0.25, 0.3) is 5.91 Å². The third kappa shape index (κ3) is 3.10. The smallest absolute Gasteiger partial charge is 0.258 e. The maximum absolute atomic E-state index is 11.5. The van der Waals surface area contributed by atoms with E-state index < -0.39 is 5.91 Å². The van der Waals surface area contributed by atoms with Crippen molar-refractivity contribution in [2.24, 2.45) is 5.73 Å². The van der Waals surface area contributed by atoms with Gasteiger partial charge < -0.3 is 11.1 Å². The van der Waals surface area contributed by atoms with E-state index in [-0.39, 0.29) is 0 Å². The summed E-state index contributed by atoms with van der Waals surface area (Å²) < 4.78 is 0. The monoisotopic (exact) mass is 366 g/mol. The van der Waals surface area contributed by atoms with Gasteiger partial charge in [0, 0.05) is 17.5 Å². The van der Waals surface area contributed by atoms with Crippen molar-refractivity contribution < 1.29 is 4.79 Å². The fraction of sp³-hybridized carbons (Fsp3) is 0.133. The van der Waals surface area contributed by atoms with E-state index in [0.29, 0.717) is 37.9 Å². The molecule has 2 aromatic heterocycles. The van der Waals surface area contributed by atoms with Gasteiger partial charge in [0.05, 0.1) is 20.6 Å². The van der Waals surface area contributed by atoms with Crippen LogP contribution in [-0.2, 0) is 0 Å². The number of rotatable bonds is 4. The van der Waals surface area contributed by atoms with Crippen molar-refractivity contribution in [2.45, 2.75) is 6.92 Å². The molecule has 5 nitrogen and oxygen atoms in total. The van der Waals surface area contributed by atoms with E-state index in [9.17, 15) is 4.79 Å². The van der Waals surface area contributed by atoms with Crippen LogP contribution >= 0.6 is 34.5 Å². The summed E-state index contributed by atoms with van der Waals surface area (Å²) in [4.78, 5) is 21.5. The van der Waals surface area contributed by atoms with Crippen LogP contribution in [0.2, 0.25) is 10.0 Å². The highest BCUT2D eigenvalue weighted by Crippen LogP contribution is 2.35. The van der Waals surface area contributed by atoms with Crippen LogP contribution in [0.5, 0.6) is 0 Å². The first-order chi connectivity index (χ1) is 11.0.